The second kappa shape index (κ2) is 10.3. The largest absolute Gasteiger partial charge is 0.453 e. The SMILES string of the molecule is CCCCCC(=O)Nc1ccc(C(=O)COC(=O)c2ccc3ccccc3n2)cc1. The Morgan fingerprint density at radius 3 is 2.47 bits per heavy atom. The van der Waals surface area contributed by atoms with Gasteiger partial charge in [-0.2, -0.15) is 0 Å². The summed E-state index contributed by atoms with van der Waals surface area (Å²) < 4.78 is 5.12. The van der Waals surface area contributed by atoms with E-state index >= 15 is 0 Å². The van der Waals surface area contributed by atoms with Crippen molar-refractivity contribution in [1.29, 1.82) is 0 Å². The standard InChI is InChI=1S/C24H24N2O4/c1-2-3-4-9-23(28)25-19-13-10-18(11-14-19)22(27)16-30-24(29)21-15-12-17-7-5-6-8-20(17)26-21/h5-8,10-15H,2-4,9,16H2,1H3,(H,25,28). The van der Waals surface area contributed by atoms with Gasteiger partial charge in [0.1, 0.15) is 5.69 Å². The second-order valence-corrected chi connectivity index (χ2v) is 6.97. The van der Waals surface area contributed by atoms with Gasteiger partial charge in [0, 0.05) is 23.1 Å². The summed E-state index contributed by atoms with van der Waals surface area (Å²) in [5.41, 5.74) is 1.87. The molecule has 3 aromatic rings. The number of ether oxygens (including phenoxy) is 1. The number of Topliss-reactive ketones (excluding diaryl/α,β-unsaturated/α-hetero) is 1. The lowest BCUT2D eigenvalue weighted by molar-refractivity contribution is -0.116. The van der Waals surface area contributed by atoms with Crippen LogP contribution in [0.4, 0.5) is 5.69 Å². The first-order valence-corrected chi connectivity index (χ1v) is 10.0. The molecule has 0 bridgehead atoms. The van der Waals surface area contributed by atoms with Crippen molar-refractivity contribution in [2.75, 3.05) is 11.9 Å². The lowest BCUT2D eigenvalue weighted by Crippen LogP contribution is -2.15. The van der Waals surface area contributed by atoms with E-state index in [-0.39, 0.29) is 24.0 Å². The minimum Gasteiger partial charge on any atom is -0.453 e. The van der Waals surface area contributed by atoms with Gasteiger partial charge in [0.05, 0.1) is 5.52 Å². The number of carbonyl (C=O) groups excluding carboxylic acids is 3. The average Bonchev–Trinajstić information content (AvgIpc) is 2.77. The van der Waals surface area contributed by atoms with E-state index in [0.717, 1.165) is 24.6 Å². The predicted octanol–water partition coefficient (Wildman–Crippen LogP) is 4.79. The number of hydrogen-bond acceptors (Lipinski definition) is 5. The maximum Gasteiger partial charge on any atom is 0.357 e. The fourth-order valence-corrected chi connectivity index (χ4v) is 2.97. The van der Waals surface area contributed by atoms with Crippen molar-refractivity contribution in [1.82, 2.24) is 4.98 Å². The Morgan fingerprint density at radius 2 is 1.70 bits per heavy atom. The number of ketones is 1. The van der Waals surface area contributed by atoms with Crippen LogP contribution in [0.25, 0.3) is 10.9 Å². The van der Waals surface area contributed by atoms with Crippen LogP contribution < -0.4 is 5.32 Å². The van der Waals surface area contributed by atoms with Gasteiger partial charge in [-0.15, -0.1) is 0 Å². The van der Waals surface area contributed by atoms with E-state index in [4.69, 9.17) is 4.74 Å². The number of anilines is 1. The smallest absolute Gasteiger partial charge is 0.357 e. The van der Waals surface area contributed by atoms with E-state index in [0.29, 0.717) is 23.2 Å². The molecule has 0 radical (unpaired) electrons. The minimum absolute atomic E-state index is 0.0423. The van der Waals surface area contributed by atoms with Gasteiger partial charge in [0.15, 0.2) is 12.4 Å². The van der Waals surface area contributed by atoms with Crippen LogP contribution in [0.2, 0.25) is 0 Å². The van der Waals surface area contributed by atoms with E-state index in [9.17, 15) is 14.4 Å². The van der Waals surface area contributed by atoms with E-state index in [2.05, 4.69) is 17.2 Å². The zero-order valence-corrected chi connectivity index (χ0v) is 16.9. The van der Waals surface area contributed by atoms with E-state index in [1.807, 2.05) is 18.2 Å². The molecule has 0 spiro atoms. The first-order valence-electron chi connectivity index (χ1n) is 10.0. The fraction of sp³-hybridized carbons (Fsp3) is 0.250. The summed E-state index contributed by atoms with van der Waals surface area (Å²) in [6.45, 7) is 1.71. The average molecular weight is 404 g/mol. The van der Waals surface area contributed by atoms with E-state index in [1.54, 1.807) is 42.5 Å². The van der Waals surface area contributed by atoms with Crippen molar-refractivity contribution in [2.45, 2.75) is 32.6 Å². The number of para-hydroxylation sites is 1. The molecule has 0 saturated heterocycles. The second-order valence-electron chi connectivity index (χ2n) is 6.97. The number of rotatable bonds is 9. The number of pyridine rings is 1. The van der Waals surface area contributed by atoms with Gasteiger partial charge in [-0.3, -0.25) is 9.59 Å². The molecule has 0 fully saturated rings. The molecule has 0 unspecified atom stereocenters. The molecule has 0 aliphatic carbocycles. The summed E-state index contributed by atoms with van der Waals surface area (Å²) in [5, 5.41) is 3.73. The molecule has 1 aromatic heterocycles. The van der Waals surface area contributed by atoms with Crippen LogP contribution in [0, 0.1) is 0 Å². The summed E-state index contributed by atoms with van der Waals surface area (Å²) >= 11 is 0. The molecule has 154 valence electrons. The van der Waals surface area contributed by atoms with Gasteiger partial charge in [-0.25, -0.2) is 9.78 Å². The molecule has 1 amide bonds. The van der Waals surface area contributed by atoms with E-state index < -0.39 is 5.97 Å². The number of amides is 1. The number of aromatic nitrogens is 1. The Hall–Kier alpha value is -3.54. The molecule has 0 atom stereocenters. The lowest BCUT2D eigenvalue weighted by atomic mass is 10.1. The van der Waals surface area contributed by atoms with Gasteiger partial charge < -0.3 is 10.1 Å². The predicted molar refractivity (Wildman–Crippen MR) is 116 cm³/mol. The van der Waals surface area contributed by atoms with Gasteiger partial charge in [-0.1, -0.05) is 44.0 Å². The number of hydrogen-bond donors (Lipinski definition) is 1. The van der Waals surface area contributed by atoms with Gasteiger partial charge in [0.25, 0.3) is 0 Å². The van der Waals surface area contributed by atoms with Gasteiger partial charge in [-0.05, 0) is 42.8 Å². The molecule has 6 heteroatoms. The Balaban J connectivity index is 1.52. The van der Waals surface area contributed by atoms with Crippen LogP contribution >= 0.6 is 0 Å². The summed E-state index contributed by atoms with van der Waals surface area (Å²) in [6.07, 6.45) is 3.42. The first-order chi connectivity index (χ1) is 14.6. The number of fused-ring (bicyclic) bond motifs is 1. The van der Waals surface area contributed by atoms with Crippen LogP contribution in [0.15, 0.2) is 60.7 Å². The van der Waals surface area contributed by atoms with Crippen LogP contribution in [0.3, 0.4) is 0 Å². The summed E-state index contributed by atoms with van der Waals surface area (Å²) in [5.74, 6) is -1.02. The van der Waals surface area contributed by atoms with E-state index in [1.165, 1.54) is 0 Å². The van der Waals surface area contributed by atoms with Crippen molar-refractivity contribution in [3.63, 3.8) is 0 Å². The molecule has 6 nitrogen and oxygen atoms in total. The number of nitrogens with one attached hydrogen (secondary N) is 1. The molecule has 0 aliphatic rings. The highest BCUT2D eigenvalue weighted by Crippen LogP contribution is 2.14. The lowest BCUT2D eigenvalue weighted by Gasteiger charge is -2.07. The first kappa shape index (κ1) is 21.2. The number of unbranched alkanes of at least 4 members (excludes halogenated alkanes) is 2. The highest BCUT2D eigenvalue weighted by Gasteiger charge is 2.14. The quantitative estimate of drug-likeness (QED) is 0.315. The molecular weight excluding hydrogens is 380 g/mol. The molecule has 1 N–H and O–H groups in total. The summed E-state index contributed by atoms with van der Waals surface area (Å²) in [4.78, 5) is 40.7. The molecule has 30 heavy (non-hydrogen) atoms. The van der Waals surface area contributed by atoms with Gasteiger partial charge in [0.2, 0.25) is 5.91 Å². The molecule has 0 aliphatic heterocycles. The fourth-order valence-electron chi connectivity index (χ4n) is 2.97. The van der Waals surface area contributed by atoms with Crippen molar-refractivity contribution in [2.24, 2.45) is 0 Å². The third-order valence-electron chi connectivity index (χ3n) is 4.64. The Bertz CT molecular complexity index is 1040. The zero-order chi connectivity index (χ0) is 21.3. The summed E-state index contributed by atoms with van der Waals surface area (Å²) in [7, 11) is 0. The zero-order valence-electron chi connectivity index (χ0n) is 16.9. The van der Waals surface area contributed by atoms with Crippen molar-refractivity contribution in [3.05, 3.63) is 71.9 Å². The normalized spacial score (nSPS) is 10.6. The van der Waals surface area contributed by atoms with Crippen molar-refractivity contribution in [3.8, 4) is 0 Å². The topological polar surface area (TPSA) is 85.4 Å². The highest BCUT2D eigenvalue weighted by molar-refractivity contribution is 6.00. The van der Waals surface area contributed by atoms with Crippen LogP contribution in [-0.2, 0) is 9.53 Å². The highest BCUT2D eigenvalue weighted by atomic mass is 16.5. The number of esters is 1. The third kappa shape index (κ3) is 5.73. The van der Waals surface area contributed by atoms with Crippen LogP contribution in [-0.4, -0.2) is 29.3 Å². The maximum atomic E-state index is 12.3. The Kier molecular flexibility index (Phi) is 7.27. The molecule has 3 rings (SSSR count). The van der Waals surface area contributed by atoms with Gasteiger partial charge >= 0.3 is 5.97 Å². The van der Waals surface area contributed by atoms with Crippen LogP contribution in [0.5, 0.6) is 0 Å². The number of benzene rings is 2. The maximum absolute atomic E-state index is 12.3. The number of carbonyl (C=O) groups is 3. The number of nitrogens with zero attached hydrogens (tertiary/aromatic N) is 1. The van der Waals surface area contributed by atoms with Crippen LogP contribution in [0.1, 0.15) is 53.5 Å². The molecule has 0 saturated carbocycles. The van der Waals surface area contributed by atoms with Crippen molar-refractivity contribution >= 4 is 34.3 Å². The molecule has 1 heterocycles. The minimum atomic E-state index is -0.648. The Morgan fingerprint density at radius 1 is 0.933 bits per heavy atom. The van der Waals surface area contributed by atoms with Crippen molar-refractivity contribution < 1.29 is 19.1 Å². The third-order valence-corrected chi connectivity index (χ3v) is 4.64. The molecular formula is C24H24N2O4. The molecule has 2 aromatic carbocycles. The monoisotopic (exact) mass is 404 g/mol. The summed E-state index contributed by atoms with van der Waals surface area (Å²) in [6, 6.07) is 17.3. The Labute approximate surface area is 175 Å².